The number of benzene rings is 1. The summed E-state index contributed by atoms with van der Waals surface area (Å²) in [5.41, 5.74) is 0.526. The van der Waals surface area contributed by atoms with Gasteiger partial charge in [0.15, 0.2) is 0 Å². The lowest BCUT2D eigenvalue weighted by molar-refractivity contribution is 0.0697. The summed E-state index contributed by atoms with van der Waals surface area (Å²) in [5, 5.41) is 35.4. The minimum Gasteiger partial charge on any atom is -0.478 e. The number of hydrogen-bond acceptors (Lipinski definition) is 5. The Morgan fingerprint density at radius 3 is 2.44 bits per heavy atom. The van der Waals surface area contributed by atoms with Gasteiger partial charge >= 0.3 is 5.97 Å². The molecule has 0 aliphatic carbocycles. The Hall–Kier alpha value is -1.99. The van der Waals surface area contributed by atoms with Crippen molar-refractivity contribution in [2.45, 2.75) is 0 Å². The van der Waals surface area contributed by atoms with Crippen molar-refractivity contribution in [1.29, 1.82) is 0 Å². The molecule has 7 heteroatoms. The van der Waals surface area contributed by atoms with Crippen LogP contribution in [0.3, 0.4) is 0 Å². The van der Waals surface area contributed by atoms with E-state index in [1.54, 1.807) is 12.1 Å². The first kappa shape index (κ1) is 14.1. The van der Waals surface area contributed by atoms with Crippen molar-refractivity contribution in [3.05, 3.63) is 29.8 Å². The first-order chi connectivity index (χ1) is 8.67. The minimum absolute atomic E-state index is 0.103. The van der Waals surface area contributed by atoms with Crippen molar-refractivity contribution in [1.82, 2.24) is 5.01 Å². The van der Waals surface area contributed by atoms with E-state index < -0.39 is 5.97 Å². The number of aliphatic hydroxyl groups excluding tert-OH is 2. The topological polar surface area (TPSA) is 106 Å². The van der Waals surface area contributed by atoms with Crippen LogP contribution in [0.5, 0.6) is 0 Å². The van der Waals surface area contributed by atoms with Crippen molar-refractivity contribution < 1.29 is 20.1 Å². The number of rotatable bonds is 7. The second kappa shape index (κ2) is 7.36. The molecule has 0 aliphatic heterocycles. The van der Waals surface area contributed by atoms with Gasteiger partial charge in [0.1, 0.15) is 0 Å². The number of nitrogens with zero attached hydrogens (tertiary/aromatic N) is 3. The molecule has 0 amide bonds. The van der Waals surface area contributed by atoms with Gasteiger partial charge in [-0.15, -0.1) is 5.11 Å². The first-order valence-electron chi connectivity index (χ1n) is 5.39. The monoisotopic (exact) mass is 253 g/mol. The lowest BCUT2D eigenvalue weighted by atomic mass is 10.2. The Kier molecular flexibility index (Phi) is 5.75. The van der Waals surface area contributed by atoms with Gasteiger partial charge in [-0.25, -0.2) is 4.79 Å². The largest absolute Gasteiger partial charge is 0.478 e. The molecular weight excluding hydrogens is 238 g/mol. The highest BCUT2D eigenvalue weighted by molar-refractivity contribution is 5.88. The highest BCUT2D eigenvalue weighted by Crippen LogP contribution is 2.15. The van der Waals surface area contributed by atoms with Gasteiger partial charge in [-0.05, 0) is 18.2 Å². The Morgan fingerprint density at radius 1 is 1.22 bits per heavy atom. The number of aromatic carboxylic acids is 1. The van der Waals surface area contributed by atoms with Crippen LogP contribution in [-0.2, 0) is 0 Å². The van der Waals surface area contributed by atoms with Gasteiger partial charge in [-0.3, -0.25) is 5.01 Å². The summed E-state index contributed by atoms with van der Waals surface area (Å²) in [5.74, 6) is -1.03. The molecule has 0 unspecified atom stereocenters. The van der Waals surface area contributed by atoms with E-state index in [1.807, 2.05) is 0 Å². The van der Waals surface area contributed by atoms with E-state index in [0.29, 0.717) is 5.69 Å². The summed E-state index contributed by atoms with van der Waals surface area (Å²) in [7, 11) is 0. The predicted octanol–water partition coefficient (Wildman–Crippen LogP) is 0.670. The normalized spacial score (nSPS) is 10.8. The molecule has 0 aromatic heterocycles. The molecule has 0 atom stereocenters. The maximum Gasteiger partial charge on any atom is 0.335 e. The second-order valence-corrected chi connectivity index (χ2v) is 3.45. The molecule has 98 valence electrons. The van der Waals surface area contributed by atoms with Gasteiger partial charge in [0, 0.05) is 0 Å². The zero-order valence-electron chi connectivity index (χ0n) is 9.73. The average Bonchev–Trinajstić information content (AvgIpc) is 2.37. The van der Waals surface area contributed by atoms with E-state index in [0.717, 1.165) is 0 Å². The van der Waals surface area contributed by atoms with E-state index in [-0.39, 0.29) is 31.9 Å². The second-order valence-electron chi connectivity index (χ2n) is 3.45. The summed E-state index contributed by atoms with van der Waals surface area (Å²) in [6.07, 6.45) is 0. The summed E-state index contributed by atoms with van der Waals surface area (Å²) in [6, 6.07) is 6.04. The van der Waals surface area contributed by atoms with Crippen LogP contribution in [0.1, 0.15) is 10.4 Å². The molecular formula is C11H15N3O4. The fourth-order valence-electron chi connectivity index (χ4n) is 1.25. The van der Waals surface area contributed by atoms with E-state index in [9.17, 15) is 4.79 Å². The molecule has 0 spiro atoms. The molecule has 0 aliphatic rings. The highest BCUT2D eigenvalue weighted by atomic mass is 16.4. The van der Waals surface area contributed by atoms with Crippen LogP contribution in [-0.4, -0.2) is 52.6 Å². The van der Waals surface area contributed by atoms with Crippen LogP contribution in [0.25, 0.3) is 0 Å². The molecule has 3 N–H and O–H groups in total. The zero-order valence-corrected chi connectivity index (χ0v) is 9.73. The maximum absolute atomic E-state index is 10.7. The third kappa shape index (κ3) is 4.48. The molecule has 1 rings (SSSR count). The van der Waals surface area contributed by atoms with Gasteiger partial charge in [0.25, 0.3) is 0 Å². The molecule has 1 aromatic rings. The smallest absolute Gasteiger partial charge is 0.335 e. The van der Waals surface area contributed by atoms with Crippen LogP contribution in [0.2, 0.25) is 0 Å². The Bertz CT molecular complexity index is 417. The summed E-state index contributed by atoms with van der Waals surface area (Å²) < 4.78 is 0. The minimum atomic E-state index is -1.03. The third-order valence-electron chi connectivity index (χ3n) is 2.10. The zero-order chi connectivity index (χ0) is 13.4. The Balaban J connectivity index is 2.75. The van der Waals surface area contributed by atoms with Crippen molar-refractivity contribution >= 4 is 11.7 Å². The number of hydrogen-bond donors (Lipinski definition) is 3. The van der Waals surface area contributed by atoms with E-state index in [1.165, 1.54) is 17.1 Å². The number of aliphatic hydroxyl groups is 2. The van der Waals surface area contributed by atoms with Crippen LogP contribution in [0, 0.1) is 0 Å². The fraction of sp³-hybridized carbons (Fsp3) is 0.364. The number of carbonyl (C=O) groups is 1. The lowest BCUT2D eigenvalue weighted by Gasteiger charge is -2.14. The first-order valence-corrected chi connectivity index (χ1v) is 5.39. The summed E-state index contributed by atoms with van der Waals surface area (Å²) in [4.78, 5) is 10.7. The van der Waals surface area contributed by atoms with Gasteiger partial charge < -0.3 is 15.3 Å². The third-order valence-corrected chi connectivity index (χ3v) is 2.10. The number of carboxylic acids is 1. The average molecular weight is 253 g/mol. The maximum atomic E-state index is 10.7. The molecule has 0 saturated heterocycles. The predicted molar refractivity (Wildman–Crippen MR) is 63.7 cm³/mol. The summed E-state index contributed by atoms with van der Waals surface area (Å²) >= 11 is 0. The van der Waals surface area contributed by atoms with Gasteiger partial charge in [-0.2, -0.15) is 0 Å². The molecule has 0 saturated carbocycles. The number of carboxylic acid groups (broad SMARTS) is 1. The van der Waals surface area contributed by atoms with E-state index in [2.05, 4.69) is 10.3 Å². The molecule has 0 heterocycles. The quantitative estimate of drug-likeness (QED) is 0.489. The SMILES string of the molecule is O=C(O)c1cccc(/N=N/N(CCO)CCO)c1. The van der Waals surface area contributed by atoms with E-state index >= 15 is 0 Å². The molecule has 1 aromatic carbocycles. The van der Waals surface area contributed by atoms with Crippen molar-refractivity contribution in [2.24, 2.45) is 10.3 Å². The molecule has 0 radical (unpaired) electrons. The van der Waals surface area contributed by atoms with Gasteiger partial charge in [0.05, 0.1) is 37.6 Å². The standard InChI is InChI=1S/C11H15N3O4/c15-6-4-14(5-7-16)13-12-10-3-1-2-9(8-10)11(17)18/h1-3,8,15-16H,4-7H2,(H,17,18)/b13-12+. The van der Waals surface area contributed by atoms with Crippen molar-refractivity contribution in [3.8, 4) is 0 Å². The molecule has 7 nitrogen and oxygen atoms in total. The Morgan fingerprint density at radius 2 is 1.89 bits per heavy atom. The van der Waals surface area contributed by atoms with Gasteiger partial charge in [-0.1, -0.05) is 11.3 Å². The summed E-state index contributed by atoms with van der Waals surface area (Å²) in [6.45, 7) is 0.299. The van der Waals surface area contributed by atoms with Crippen molar-refractivity contribution in [3.63, 3.8) is 0 Å². The molecule has 0 bridgehead atoms. The van der Waals surface area contributed by atoms with Crippen LogP contribution in [0.4, 0.5) is 5.69 Å². The lowest BCUT2D eigenvalue weighted by Crippen LogP contribution is -2.24. The Labute approximate surface area is 104 Å². The van der Waals surface area contributed by atoms with Crippen LogP contribution >= 0.6 is 0 Å². The molecule has 18 heavy (non-hydrogen) atoms. The van der Waals surface area contributed by atoms with Gasteiger partial charge in [0.2, 0.25) is 0 Å². The fourth-order valence-corrected chi connectivity index (χ4v) is 1.25. The van der Waals surface area contributed by atoms with Crippen LogP contribution in [0.15, 0.2) is 34.6 Å². The van der Waals surface area contributed by atoms with Crippen molar-refractivity contribution in [2.75, 3.05) is 26.3 Å². The highest BCUT2D eigenvalue weighted by Gasteiger charge is 2.03. The van der Waals surface area contributed by atoms with E-state index in [4.69, 9.17) is 15.3 Å². The molecule has 0 fully saturated rings. The van der Waals surface area contributed by atoms with Crippen LogP contribution < -0.4 is 0 Å².